The minimum atomic E-state index is -0.613. The Morgan fingerprint density at radius 3 is 3.00 bits per heavy atom. The van der Waals surface area contributed by atoms with Crippen LogP contribution in [0.2, 0.25) is 0 Å². The van der Waals surface area contributed by atoms with Crippen LogP contribution < -0.4 is 5.73 Å². The lowest BCUT2D eigenvalue weighted by Crippen LogP contribution is -2.14. The van der Waals surface area contributed by atoms with Crippen LogP contribution in [-0.2, 0) is 6.42 Å². The second-order valence-electron chi connectivity index (χ2n) is 3.37. The predicted octanol–water partition coefficient (Wildman–Crippen LogP) is 0.417. The zero-order valence-corrected chi connectivity index (χ0v) is 9.57. The van der Waals surface area contributed by atoms with Gasteiger partial charge in [-0.25, -0.2) is 4.98 Å². The molecular formula is C9H12N4O2S. The lowest BCUT2D eigenvalue weighted by Gasteiger charge is -1.98. The smallest absolute Gasteiger partial charge is 0.245 e. The molecule has 0 saturated heterocycles. The second kappa shape index (κ2) is 4.69. The molecule has 0 unspecified atom stereocenters. The third kappa shape index (κ3) is 2.43. The molecule has 1 atom stereocenters. The summed E-state index contributed by atoms with van der Waals surface area (Å²) in [6, 6.07) is -0.613. The van der Waals surface area contributed by atoms with Crippen LogP contribution in [0.5, 0.6) is 0 Å². The highest BCUT2D eigenvalue weighted by atomic mass is 32.1. The number of aryl methyl sites for hydroxylation is 1. The van der Waals surface area contributed by atoms with E-state index in [9.17, 15) is 0 Å². The summed E-state index contributed by atoms with van der Waals surface area (Å²) in [5.41, 5.74) is 6.45. The van der Waals surface area contributed by atoms with E-state index < -0.39 is 6.04 Å². The average molecular weight is 240 g/mol. The standard InChI is InChI=1S/C9H12N4O2S/c1-5-11-6(4-16-5)2-8-12-9(15-13-8)7(10)3-14/h4,7,14H,2-3,10H2,1H3/t7-/m1/s1. The fourth-order valence-corrected chi connectivity index (χ4v) is 1.83. The van der Waals surface area contributed by atoms with Gasteiger partial charge in [0.2, 0.25) is 5.89 Å². The molecule has 2 rings (SSSR count). The number of aliphatic hydroxyl groups is 1. The molecule has 0 spiro atoms. The van der Waals surface area contributed by atoms with Gasteiger partial charge in [0.05, 0.1) is 23.7 Å². The molecule has 0 saturated carbocycles. The van der Waals surface area contributed by atoms with E-state index in [2.05, 4.69) is 15.1 Å². The Morgan fingerprint density at radius 1 is 1.56 bits per heavy atom. The third-order valence-electron chi connectivity index (χ3n) is 2.00. The molecule has 6 nitrogen and oxygen atoms in total. The van der Waals surface area contributed by atoms with Crippen LogP contribution in [0.1, 0.15) is 28.5 Å². The summed E-state index contributed by atoms with van der Waals surface area (Å²) >= 11 is 1.58. The molecule has 0 fully saturated rings. The molecule has 0 radical (unpaired) electrons. The number of nitrogens with zero attached hydrogens (tertiary/aromatic N) is 3. The SMILES string of the molecule is Cc1nc(Cc2noc([C@H](N)CO)n2)cs1. The maximum absolute atomic E-state index is 8.83. The number of hydrogen-bond acceptors (Lipinski definition) is 7. The Bertz CT molecular complexity index is 468. The molecule has 0 aliphatic rings. The van der Waals surface area contributed by atoms with Crippen LogP contribution in [0.4, 0.5) is 0 Å². The summed E-state index contributed by atoms with van der Waals surface area (Å²) in [7, 11) is 0. The average Bonchev–Trinajstić information content (AvgIpc) is 2.87. The van der Waals surface area contributed by atoms with Crippen molar-refractivity contribution in [2.75, 3.05) is 6.61 Å². The van der Waals surface area contributed by atoms with Crippen LogP contribution in [0, 0.1) is 6.92 Å². The molecule has 3 N–H and O–H groups in total. The zero-order valence-electron chi connectivity index (χ0n) is 8.75. The molecule has 2 aromatic heterocycles. The molecule has 0 aromatic carbocycles. The van der Waals surface area contributed by atoms with Gasteiger partial charge in [-0.15, -0.1) is 11.3 Å². The van der Waals surface area contributed by atoms with Crippen molar-refractivity contribution < 1.29 is 9.63 Å². The Labute approximate surface area is 96.1 Å². The number of hydrogen-bond donors (Lipinski definition) is 2. The van der Waals surface area contributed by atoms with Crippen molar-refractivity contribution >= 4 is 11.3 Å². The lowest BCUT2D eigenvalue weighted by molar-refractivity contribution is 0.236. The molecule has 2 aromatic rings. The fraction of sp³-hybridized carbons (Fsp3) is 0.444. The summed E-state index contributed by atoms with van der Waals surface area (Å²) in [4.78, 5) is 8.38. The molecule has 0 aliphatic heterocycles. The van der Waals surface area contributed by atoms with Crippen LogP contribution >= 0.6 is 11.3 Å². The van der Waals surface area contributed by atoms with E-state index in [1.54, 1.807) is 11.3 Å². The summed E-state index contributed by atoms with van der Waals surface area (Å²) in [6.45, 7) is 1.73. The van der Waals surface area contributed by atoms with Crippen LogP contribution in [0.3, 0.4) is 0 Å². The van der Waals surface area contributed by atoms with E-state index in [0.717, 1.165) is 10.7 Å². The van der Waals surface area contributed by atoms with Gasteiger partial charge in [0.1, 0.15) is 6.04 Å². The minimum absolute atomic E-state index is 0.211. The van der Waals surface area contributed by atoms with Crippen LogP contribution in [-0.4, -0.2) is 26.8 Å². The monoisotopic (exact) mass is 240 g/mol. The van der Waals surface area contributed by atoms with Crippen molar-refractivity contribution in [2.45, 2.75) is 19.4 Å². The summed E-state index contributed by atoms with van der Waals surface area (Å²) in [5.74, 6) is 0.786. The van der Waals surface area contributed by atoms with Crippen molar-refractivity contribution in [2.24, 2.45) is 5.73 Å². The van der Waals surface area contributed by atoms with E-state index in [4.69, 9.17) is 15.4 Å². The Kier molecular flexibility index (Phi) is 3.28. The first-order valence-corrected chi connectivity index (χ1v) is 5.67. The van der Waals surface area contributed by atoms with Gasteiger partial charge in [-0.1, -0.05) is 5.16 Å². The van der Waals surface area contributed by atoms with Gasteiger partial charge in [0.15, 0.2) is 5.82 Å². The molecule has 0 amide bonds. The third-order valence-corrected chi connectivity index (χ3v) is 2.83. The Balaban J connectivity index is 2.08. The highest BCUT2D eigenvalue weighted by Gasteiger charge is 2.14. The number of aliphatic hydroxyl groups excluding tert-OH is 1. The second-order valence-corrected chi connectivity index (χ2v) is 4.43. The Hall–Kier alpha value is -1.31. The van der Waals surface area contributed by atoms with Crippen molar-refractivity contribution in [1.82, 2.24) is 15.1 Å². The topological polar surface area (TPSA) is 98.1 Å². The Morgan fingerprint density at radius 2 is 2.38 bits per heavy atom. The van der Waals surface area contributed by atoms with Crippen LogP contribution in [0.25, 0.3) is 0 Å². The van der Waals surface area contributed by atoms with Crippen LogP contribution in [0.15, 0.2) is 9.90 Å². The first-order valence-electron chi connectivity index (χ1n) is 4.79. The maximum Gasteiger partial charge on any atom is 0.245 e. The van der Waals surface area contributed by atoms with Gasteiger partial charge < -0.3 is 15.4 Å². The quantitative estimate of drug-likeness (QED) is 0.803. The highest BCUT2D eigenvalue weighted by molar-refractivity contribution is 7.09. The highest BCUT2D eigenvalue weighted by Crippen LogP contribution is 2.13. The molecule has 0 bridgehead atoms. The van der Waals surface area contributed by atoms with Gasteiger partial charge in [0, 0.05) is 5.38 Å². The lowest BCUT2D eigenvalue weighted by atomic mass is 10.3. The van der Waals surface area contributed by atoms with Gasteiger partial charge in [-0.05, 0) is 6.92 Å². The largest absolute Gasteiger partial charge is 0.394 e. The number of rotatable bonds is 4. The summed E-state index contributed by atoms with van der Waals surface area (Å²) in [5, 5.41) is 15.6. The van der Waals surface area contributed by atoms with E-state index in [0.29, 0.717) is 12.2 Å². The molecule has 86 valence electrons. The molecule has 16 heavy (non-hydrogen) atoms. The van der Waals surface area contributed by atoms with Gasteiger partial charge in [0.25, 0.3) is 0 Å². The first-order chi connectivity index (χ1) is 7.69. The molecule has 2 heterocycles. The van der Waals surface area contributed by atoms with E-state index in [-0.39, 0.29) is 12.5 Å². The van der Waals surface area contributed by atoms with E-state index in [1.807, 2.05) is 12.3 Å². The molecule has 0 aliphatic carbocycles. The number of thiazole rings is 1. The zero-order chi connectivity index (χ0) is 11.5. The predicted molar refractivity (Wildman–Crippen MR) is 58.0 cm³/mol. The van der Waals surface area contributed by atoms with E-state index in [1.165, 1.54) is 0 Å². The minimum Gasteiger partial charge on any atom is -0.394 e. The maximum atomic E-state index is 8.83. The summed E-state index contributed by atoms with van der Waals surface area (Å²) in [6.07, 6.45) is 0.520. The summed E-state index contributed by atoms with van der Waals surface area (Å²) < 4.78 is 4.93. The normalized spacial score (nSPS) is 12.9. The van der Waals surface area contributed by atoms with Crippen molar-refractivity contribution in [3.63, 3.8) is 0 Å². The fourth-order valence-electron chi connectivity index (χ4n) is 1.22. The van der Waals surface area contributed by atoms with Crippen molar-refractivity contribution in [3.05, 3.63) is 27.8 Å². The molecular weight excluding hydrogens is 228 g/mol. The van der Waals surface area contributed by atoms with Gasteiger partial charge in [-0.2, -0.15) is 4.98 Å². The molecule has 7 heteroatoms. The van der Waals surface area contributed by atoms with E-state index >= 15 is 0 Å². The van der Waals surface area contributed by atoms with Crippen molar-refractivity contribution in [1.29, 1.82) is 0 Å². The first kappa shape index (κ1) is 11.2. The van der Waals surface area contributed by atoms with Gasteiger partial charge in [-0.3, -0.25) is 0 Å². The van der Waals surface area contributed by atoms with Gasteiger partial charge >= 0.3 is 0 Å². The number of aromatic nitrogens is 3. The van der Waals surface area contributed by atoms with Crippen molar-refractivity contribution in [3.8, 4) is 0 Å². The number of nitrogens with two attached hydrogens (primary N) is 1.